The second-order valence-electron chi connectivity index (χ2n) is 14.6. The first-order valence-electron chi connectivity index (χ1n) is 18.3. The Bertz CT molecular complexity index is 1940. The molecule has 0 aliphatic rings. The molecule has 0 bridgehead atoms. The second kappa shape index (κ2) is 19.0. The van der Waals surface area contributed by atoms with Crippen molar-refractivity contribution >= 4 is 34.0 Å². The summed E-state index contributed by atoms with van der Waals surface area (Å²) in [5.41, 5.74) is -26.7. The summed E-state index contributed by atoms with van der Waals surface area (Å²) in [6.45, 7) is 4.32. The number of quaternary nitrogens is 1. The van der Waals surface area contributed by atoms with Gasteiger partial charge in [-0.05, 0) is 37.6 Å². The van der Waals surface area contributed by atoms with E-state index < -0.39 is 195 Å². The minimum atomic E-state index is -6.13. The number of carbonyl (C=O) groups excluding carboxylic acids is 1. The summed E-state index contributed by atoms with van der Waals surface area (Å²) in [6, 6.07) is -9.05. The molecule has 28 heteroatoms. The maximum Gasteiger partial charge on any atom is 0.416 e. The van der Waals surface area contributed by atoms with Crippen LogP contribution in [0.1, 0.15) is 71.2 Å². The third-order valence-corrected chi connectivity index (χ3v) is 9.58. The average molecular weight is 1010 g/mol. The van der Waals surface area contributed by atoms with E-state index in [9.17, 15) is 110 Å². The van der Waals surface area contributed by atoms with E-state index in [4.69, 9.17) is 4.74 Å². The predicted octanol–water partition coefficient (Wildman–Crippen LogP) is 11.2. The predicted molar refractivity (Wildman–Crippen MR) is 188 cm³/mol. The van der Waals surface area contributed by atoms with Gasteiger partial charge in [-0.25, -0.2) is 4.79 Å². The zero-order valence-electron chi connectivity index (χ0n) is 33.3. The van der Waals surface area contributed by atoms with Crippen molar-refractivity contribution in [1.29, 1.82) is 0 Å². The van der Waals surface area contributed by atoms with E-state index >= 15 is 0 Å². The number of halogens is 24. The van der Waals surface area contributed by atoms with E-state index in [0.29, 0.717) is 6.61 Å². The minimum Gasteiger partial charge on any atom is -0.461 e. The normalized spacial score (nSPS) is 14.1. The number of unbranched alkanes of at least 4 members (excludes halogenated alkanes) is 1. The van der Waals surface area contributed by atoms with E-state index in [-0.39, 0.29) is 12.0 Å². The third kappa shape index (κ3) is 13.7. The highest BCUT2D eigenvalue weighted by Gasteiger charge is 2.47. The van der Waals surface area contributed by atoms with Crippen LogP contribution in [0.5, 0.6) is 0 Å². The Balaban J connectivity index is 0.00000106. The van der Waals surface area contributed by atoms with E-state index in [0.717, 1.165) is 12.8 Å². The summed E-state index contributed by atoms with van der Waals surface area (Å²) in [6.07, 6.45) is -52.8. The standard InChI is InChI=1S/C32H12BF24.C7H15NO2/c34-25(35,36)13-1-14(26(37,38)39)6-21(5-13)33(22-7-15(27(40,41)42)2-16(8-22)28(43,44)45,23-9-17(29(46,47)48)3-18(10-23)30(49,50)51)24-11-19(31(52,53)54)4-20(12-24)32(55,56)57;1-3-4-5-10-7(9)6(2)8/h1-12H;6H,3-5,8H2,1-2H3/q-1;/p+1/t;6-/m.0/s1. The fourth-order valence-corrected chi connectivity index (χ4v) is 6.53. The average Bonchev–Trinajstić information content (AvgIpc) is 3.15. The molecule has 0 spiro atoms. The van der Waals surface area contributed by atoms with Gasteiger partial charge >= 0.3 is 55.4 Å². The Morgan fingerprint density at radius 1 is 0.418 bits per heavy atom. The summed E-state index contributed by atoms with van der Waals surface area (Å²) < 4.78 is 346. The van der Waals surface area contributed by atoms with Crippen molar-refractivity contribution in [1.82, 2.24) is 0 Å². The molecular weight excluding hydrogens is 981 g/mol. The molecule has 0 unspecified atom stereocenters. The van der Waals surface area contributed by atoms with Gasteiger partial charge in [-0.15, -0.1) is 0 Å². The van der Waals surface area contributed by atoms with E-state index in [1.165, 1.54) is 0 Å². The van der Waals surface area contributed by atoms with E-state index in [2.05, 4.69) is 12.7 Å². The summed E-state index contributed by atoms with van der Waals surface area (Å²) in [5.74, 6) is -0.201. The van der Waals surface area contributed by atoms with E-state index in [1.807, 2.05) is 0 Å². The van der Waals surface area contributed by atoms with Crippen molar-refractivity contribution in [3.05, 3.63) is 117 Å². The minimum absolute atomic E-state index is 0.201. The molecule has 0 aliphatic heterocycles. The Morgan fingerprint density at radius 3 is 0.731 bits per heavy atom. The molecule has 1 atom stereocenters. The quantitative estimate of drug-likeness (QED) is 0.0828. The lowest BCUT2D eigenvalue weighted by Gasteiger charge is -2.46. The number of rotatable bonds is 8. The molecule has 0 saturated heterocycles. The molecule has 4 aromatic carbocycles. The Hall–Kier alpha value is -5.31. The molecular formula is C39H28BF24NO2. The fraction of sp³-hybridized carbons (Fsp3) is 0.359. The number of alkyl halides is 24. The summed E-state index contributed by atoms with van der Waals surface area (Å²) in [7, 11) is 0. The molecule has 0 aromatic heterocycles. The van der Waals surface area contributed by atoms with Crippen LogP contribution in [0.25, 0.3) is 0 Å². The highest BCUT2D eigenvalue weighted by Crippen LogP contribution is 2.41. The number of hydrogen-bond donors (Lipinski definition) is 1. The van der Waals surface area contributed by atoms with E-state index in [1.54, 1.807) is 6.92 Å². The van der Waals surface area contributed by atoms with Crippen molar-refractivity contribution in [2.24, 2.45) is 0 Å². The zero-order valence-corrected chi connectivity index (χ0v) is 33.3. The summed E-state index contributed by atoms with van der Waals surface area (Å²) in [4.78, 5) is 10.7. The van der Waals surface area contributed by atoms with Crippen LogP contribution in [0, 0.1) is 0 Å². The highest BCUT2D eigenvalue weighted by molar-refractivity contribution is 7.20. The molecule has 4 aromatic rings. The number of hydrogen-bond acceptors (Lipinski definition) is 2. The maximum atomic E-state index is 14.2. The van der Waals surface area contributed by atoms with Crippen LogP contribution in [-0.4, -0.2) is 24.8 Å². The Morgan fingerprint density at radius 2 is 0.597 bits per heavy atom. The molecule has 0 saturated carbocycles. The molecule has 67 heavy (non-hydrogen) atoms. The SMILES string of the molecule is CCCCOC(=O)[C@H](C)[NH3+].FC(F)(F)c1cc([B-](c2cc(C(F)(F)F)cc(C(F)(F)F)c2)(c2cc(C(F)(F)F)cc(C(F)(F)F)c2)c2cc(C(F)(F)F)cc(C(F)(F)F)c2)cc(C(F)(F)F)c1. The lowest BCUT2D eigenvalue weighted by atomic mass is 9.12. The summed E-state index contributed by atoms with van der Waals surface area (Å²) in [5, 5.41) is 0. The van der Waals surface area contributed by atoms with Gasteiger partial charge in [-0.2, -0.15) is 127 Å². The lowest BCUT2D eigenvalue weighted by molar-refractivity contribution is -0.402. The van der Waals surface area contributed by atoms with Gasteiger partial charge in [0.05, 0.1) is 51.1 Å². The third-order valence-electron chi connectivity index (χ3n) is 9.58. The molecule has 4 rings (SSSR count). The van der Waals surface area contributed by atoms with Gasteiger partial charge < -0.3 is 10.5 Å². The fourth-order valence-electron chi connectivity index (χ4n) is 6.53. The zero-order chi connectivity index (χ0) is 51.9. The first kappa shape index (κ1) is 56.0. The van der Waals surface area contributed by atoms with Gasteiger partial charge in [0.25, 0.3) is 0 Å². The van der Waals surface area contributed by atoms with Crippen LogP contribution in [0.4, 0.5) is 105 Å². The Kier molecular flexibility index (Phi) is 15.9. The van der Waals surface area contributed by atoms with Crippen molar-refractivity contribution in [3.8, 4) is 0 Å². The monoisotopic (exact) mass is 1010 g/mol. The van der Waals surface area contributed by atoms with Crippen molar-refractivity contribution < 1.29 is 121 Å². The Labute approximate surface area is 360 Å². The molecule has 0 aliphatic carbocycles. The first-order valence-corrected chi connectivity index (χ1v) is 18.3. The van der Waals surface area contributed by atoms with Crippen molar-refractivity contribution in [2.45, 2.75) is 82.1 Å². The van der Waals surface area contributed by atoms with Gasteiger partial charge in [0.15, 0.2) is 6.04 Å². The molecule has 372 valence electrons. The highest BCUT2D eigenvalue weighted by atomic mass is 19.4. The first-order chi connectivity index (χ1) is 29.9. The van der Waals surface area contributed by atoms with Crippen molar-refractivity contribution in [2.75, 3.05) is 6.61 Å². The smallest absolute Gasteiger partial charge is 0.416 e. The number of carbonyl (C=O) groups is 1. The van der Waals surface area contributed by atoms with Crippen molar-refractivity contribution in [3.63, 3.8) is 0 Å². The van der Waals surface area contributed by atoms with Crippen LogP contribution >= 0.6 is 0 Å². The topological polar surface area (TPSA) is 53.9 Å². The van der Waals surface area contributed by atoms with Crippen LogP contribution < -0.4 is 27.6 Å². The lowest BCUT2D eigenvalue weighted by Crippen LogP contribution is -2.75. The number of esters is 1. The molecule has 3 nitrogen and oxygen atoms in total. The number of benzene rings is 4. The van der Waals surface area contributed by atoms with Crippen LogP contribution in [0.15, 0.2) is 72.8 Å². The van der Waals surface area contributed by atoms with Gasteiger partial charge in [0.1, 0.15) is 6.15 Å². The van der Waals surface area contributed by atoms with Crippen LogP contribution in [0.2, 0.25) is 0 Å². The molecule has 0 fully saturated rings. The molecule has 0 heterocycles. The molecule has 0 amide bonds. The van der Waals surface area contributed by atoms with Crippen LogP contribution in [-0.2, 0) is 58.9 Å². The van der Waals surface area contributed by atoms with Gasteiger partial charge in [-0.1, -0.05) is 61.9 Å². The molecule has 0 radical (unpaired) electrons. The van der Waals surface area contributed by atoms with Gasteiger partial charge in [0, 0.05) is 0 Å². The maximum absolute atomic E-state index is 14.2. The van der Waals surface area contributed by atoms with Gasteiger partial charge in [-0.3, -0.25) is 0 Å². The molecule has 3 N–H and O–H groups in total. The number of ether oxygens (including phenoxy) is 1. The largest absolute Gasteiger partial charge is 0.461 e. The summed E-state index contributed by atoms with van der Waals surface area (Å²) >= 11 is 0. The van der Waals surface area contributed by atoms with Gasteiger partial charge in [0.2, 0.25) is 0 Å². The second-order valence-corrected chi connectivity index (χ2v) is 14.6. The van der Waals surface area contributed by atoms with Crippen LogP contribution in [0.3, 0.4) is 0 Å².